The molecule has 2 nitrogen and oxygen atoms in total. The highest BCUT2D eigenvalue weighted by Crippen LogP contribution is 2.34. The van der Waals surface area contributed by atoms with Crippen LogP contribution >= 0.6 is 0 Å². The van der Waals surface area contributed by atoms with Crippen molar-refractivity contribution < 1.29 is 4.79 Å². The number of carbonyl (C=O) groups is 1. The maximum absolute atomic E-state index is 12.8. The second-order valence-electron chi connectivity index (χ2n) is 5.67. The number of carbonyl (C=O) groups excluding carboxylic acids is 1. The summed E-state index contributed by atoms with van der Waals surface area (Å²) >= 11 is 0. The summed E-state index contributed by atoms with van der Waals surface area (Å²) in [4.78, 5) is 17.3. The summed E-state index contributed by atoms with van der Waals surface area (Å²) in [5.74, 6) is 0.754. The summed E-state index contributed by atoms with van der Waals surface area (Å²) in [7, 11) is 0. The van der Waals surface area contributed by atoms with Gasteiger partial charge in [-0.15, -0.1) is 0 Å². The summed E-state index contributed by atoms with van der Waals surface area (Å²) in [5, 5.41) is 0. The zero-order valence-corrected chi connectivity index (χ0v) is 12.2. The lowest BCUT2D eigenvalue weighted by molar-refractivity contribution is -0.125. The third-order valence-electron chi connectivity index (χ3n) is 4.22. The lowest BCUT2D eigenvalue weighted by atomic mass is 9.78. The van der Waals surface area contributed by atoms with Gasteiger partial charge in [0.15, 0.2) is 0 Å². The third-order valence-corrected chi connectivity index (χ3v) is 4.22. The maximum Gasteiger partial charge on any atom is 0.144 e. The van der Waals surface area contributed by atoms with Crippen molar-refractivity contribution in [2.24, 2.45) is 5.92 Å². The third kappa shape index (κ3) is 3.23. The topological polar surface area (TPSA) is 30.0 Å². The zero-order chi connectivity index (χ0) is 13.7. The molecule has 1 aromatic rings. The number of nitrogens with zero attached hydrogens (tertiary/aromatic N) is 1. The van der Waals surface area contributed by atoms with Gasteiger partial charge in [0.1, 0.15) is 5.78 Å². The van der Waals surface area contributed by atoms with E-state index < -0.39 is 0 Å². The Bertz CT molecular complexity index is 421. The first-order chi connectivity index (χ1) is 9.27. The van der Waals surface area contributed by atoms with Crippen molar-refractivity contribution in [1.82, 2.24) is 4.98 Å². The molecule has 1 heterocycles. The van der Waals surface area contributed by atoms with E-state index in [0.29, 0.717) is 5.78 Å². The fourth-order valence-electron chi connectivity index (χ4n) is 3.30. The van der Waals surface area contributed by atoms with Gasteiger partial charge in [0.2, 0.25) is 0 Å². The number of aromatic nitrogens is 1. The van der Waals surface area contributed by atoms with E-state index in [4.69, 9.17) is 0 Å². The Morgan fingerprint density at radius 1 is 1.37 bits per heavy atom. The van der Waals surface area contributed by atoms with E-state index in [1.807, 2.05) is 12.3 Å². The van der Waals surface area contributed by atoms with Crippen LogP contribution in [0, 0.1) is 5.92 Å². The van der Waals surface area contributed by atoms with E-state index in [1.54, 1.807) is 0 Å². The number of fused-ring (bicyclic) bond motifs is 1. The molecule has 0 saturated heterocycles. The fraction of sp³-hybridized carbons (Fsp3) is 0.647. The predicted molar refractivity (Wildman–Crippen MR) is 78.2 cm³/mol. The van der Waals surface area contributed by atoms with Crippen molar-refractivity contribution >= 4 is 5.78 Å². The summed E-state index contributed by atoms with van der Waals surface area (Å²) in [6.07, 6.45) is 9.29. The van der Waals surface area contributed by atoms with E-state index in [9.17, 15) is 4.79 Å². The highest BCUT2D eigenvalue weighted by Gasteiger charge is 2.31. The van der Waals surface area contributed by atoms with Gasteiger partial charge in [-0.3, -0.25) is 9.78 Å². The second-order valence-corrected chi connectivity index (χ2v) is 5.67. The summed E-state index contributed by atoms with van der Waals surface area (Å²) < 4.78 is 0. The highest BCUT2D eigenvalue weighted by atomic mass is 16.1. The predicted octanol–water partition coefficient (Wildman–Crippen LogP) is 4.29. The first kappa shape index (κ1) is 14.2. The summed E-state index contributed by atoms with van der Waals surface area (Å²) in [5.41, 5.74) is 2.36. The molecule has 0 amide bonds. The van der Waals surface area contributed by atoms with E-state index in [2.05, 4.69) is 24.9 Å². The number of Topliss-reactive ketones (excluding diaryl/α,β-unsaturated/α-hetero) is 1. The van der Waals surface area contributed by atoms with Crippen LogP contribution in [-0.2, 0) is 11.2 Å². The largest absolute Gasteiger partial charge is 0.299 e. The second kappa shape index (κ2) is 6.83. The Morgan fingerprint density at radius 3 is 2.79 bits per heavy atom. The number of ketones is 1. The monoisotopic (exact) mass is 259 g/mol. The lowest BCUT2D eigenvalue weighted by Gasteiger charge is -2.26. The minimum absolute atomic E-state index is 0.0630. The van der Waals surface area contributed by atoms with Crippen LogP contribution in [0.1, 0.15) is 69.5 Å². The van der Waals surface area contributed by atoms with Gasteiger partial charge >= 0.3 is 0 Å². The number of hydrogen-bond acceptors (Lipinski definition) is 2. The minimum Gasteiger partial charge on any atom is -0.299 e. The molecule has 0 spiro atoms. The van der Waals surface area contributed by atoms with Crippen LogP contribution in [0.25, 0.3) is 0 Å². The van der Waals surface area contributed by atoms with Crippen LogP contribution in [0.2, 0.25) is 0 Å². The molecular formula is C17H25NO. The average Bonchev–Trinajstić information content (AvgIpc) is 2.46. The Kier molecular flexibility index (Phi) is 5.12. The van der Waals surface area contributed by atoms with Crippen LogP contribution in [0.15, 0.2) is 18.3 Å². The van der Waals surface area contributed by atoms with Crippen molar-refractivity contribution in [3.05, 3.63) is 29.6 Å². The molecule has 0 N–H and O–H groups in total. The average molecular weight is 259 g/mol. The van der Waals surface area contributed by atoms with Crippen LogP contribution in [0.4, 0.5) is 0 Å². The van der Waals surface area contributed by atoms with E-state index >= 15 is 0 Å². The number of rotatable bonds is 6. The van der Waals surface area contributed by atoms with Crippen LogP contribution < -0.4 is 0 Å². The first-order valence-corrected chi connectivity index (χ1v) is 7.75. The molecule has 1 atom stereocenters. The van der Waals surface area contributed by atoms with Crippen molar-refractivity contribution in [2.75, 3.05) is 0 Å². The molecule has 0 fully saturated rings. The Morgan fingerprint density at radius 2 is 2.11 bits per heavy atom. The Balaban J connectivity index is 2.19. The standard InChI is InChI=1S/C17H25NO/c1-3-7-14(8-4-2)17(19)15-11-5-9-13-10-6-12-18-16(13)15/h6,10,12,14-15H,3-5,7-9,11H2,1-2H3. The molecule has 2 rings (SSSR count). The van der Waals surface area contributed by atoms with Gasteiger partial charge in [0.05, 0.1) is 11.6 Å². The molecule has 0 aromatic carbocycles. The molecule has 0 radical (unpaired) electrons. The first-order valence-electron chi connectivity index (χ1n) is 7.75. The fourth-order valence-corrected chi connectivity index (χ4v) is 3.30. The zero-order valence-electron chi connectivity index (χ0n) is 12.2. The van der Waals surface area contributed by atoms with Gasteiger partial charge in [-0.05, 0) is 43.7 Å². The van der Waals surface area contributed by atoms with Crippen molar-refractivity contribution in [2.45, 2.75) is 64.7 Å². The lowest BCUT2D eigenvalue weighted by Crippen LogP contribution is -2.26. The van der Waals surface area contributed by atoms with Crippen molar-refractivity contribution in [3.63, 3.8) is 0 Å². The van der Waals surface area contributed by atoms with Crippen molar-refractivity contribution in [1.29, 1.82) is 0 Å². The molecule has 0 saturated carbocycles. The van der Waals surface area contributed by atoms with Crippen molar-refractivity contribution in [3.8, 4) is 0 Å². The smallest absolute Gasteiger partial charge is 0.144 e. The number of hydrogen-bond donors (Lipinski definition) is 0. The van der Waals surface area contributed by atoms with Gasteiger partial charge in [0.25, 0.3) is 0 Å². The molecule has 0 bridgehead atoms. The molecular weight excluding hydrogens is 234 g/mol. The van der Waals surface area contributed by atoms with Gasteiger partial charge < -0.3 is 0 Å². The molecule has 1 aliphatic carbocycles. The van der Waals surface area contributed by atoms with Gasteiger partial charge in [-0.1, -0.05) is 32.8 Å². The molecule has 104 valence electrons. The number of pyridine rings is 1. The van der Waals surface area contributed by atoms with E-state index in [1.165, 1.54) is 5.56 Å². The van der Waals surface area contributed by atoms with Crippen LogP contribution in [-0.4, -0.2) is 10.8 Å². The molecule has 1 aliphatic rings. The highest BCUT2D eigenvalue weighted by molar-refractivity contribution is 5.88. The Labute approximate surface area is 116 Å². The van der Waals surface area contributed by atoms with Gasteiger partial charge in [-0.25, -0.2) is 0 Å². The molecule has 2 heteroatoms. The summed E-state index contributed by atoms with van der Waals surface area (Å²) in [6.45, 7) is 4.34. The number of aryl methyl sites for hydroxylation is 1. The quantitative estimate of drug-likeness (QED) is 0.763. The molecule has 1 unspecified atom stereocenters. The normalized spacial score (nSPS) is 18.4. The van der Waals surface area contributed by atoms with E-state index in [0.717, 1.165) is 50.6 Å². The van der Waals surface area contributed by atoms with Crippen LogP contribution in [0.3, 0.4) is 0 Å². The maximum atomic E-state index is 12.8. The van der Waals surface area contributed by atoms with E-state index in [-0.39, 0.29) is 11.8 Å². The molecule has 0 aliphatic heterocycles. The minimum atomic E-state index is 0.0630. The molecule has 1 aromatic heterocycles. The van der Waals surface area contributed by atoms with Gasteiger partial charge in [-0.2, -0.15) is 0 Å². The summed E-state index contributed by atoms with van der Waals surface area (Å²) in [6, 6.07) is 4.12. The molecule has 19 heavy (non-hydrogen) atoms. The van der Waals surface area contributed by atoms with Crippen LogP contribution in [0.5, 0.6) is 0 Å². The SMILES string of the molecule is CCCC(CCC)C(=O)C1CCCc2cccnc21. The Hall–Kier alpha value is -1.18. The van der Waals surface area contributed by atoms with Gasteiger partial charge in [0, 0.05) is 12.1 Å².